The second-order valence-electron chi connectivity index (χ2n) is 5.36. The number of nitrogens with zero attached hydrogens (tertiary/aromatic N) is 3. The van der Waals surface area contributed by atoms with Gasteiger partial charge in [-0.25, -0.2) is 4.99 Å². The number of ether oxygens (including phenoxy) is 1. The molecule has 0 saturated heterocycles. The average Bonchev–Trinajstić information content (AvgIpc) is 3.15. The number of aliphatic imine (C=N–C) groups is 1. The molecular formula is C16H22IN5O2. The quantitative estimate of drug-likeness (QED) is 0.418. The summed E-state index contributed by atoms with van der Waals surface area (Å²) in [7, 11) is 0. The van der Waals surface area contributed by atoms with Crippen LogP contribution in [0, 0.1) is 6.92 Å². The van der Waals surface area contributed by atoms with Crippen molar-refractivity contribution in [3.63, 3.8) is 0 Å². The van der Waals surface area contributed by atoms with Crippen LogP contribution >= 0.6 is 24.0 Å². The first-order valence-corrected chi connectivity index (χ1v) is 7.80. The van der Waals surface area contributed by atoms with Crippen LogP contribution in [-0.2, 0) is 13.0 Å². The Labute approximate surface area is 158 Å². The first-order chi connectivity index (χ1) is 11.2. The molecule has 2 heterocycles. The molecule has 1 aliphatic rings. The van der Waals surface area contributed by atoms with Crippen LogP contribution in [0.3, 0.4) is 0 Å². The first-order valence-electron chi connectivity index (χ1n) is 7.80. The highest BCUT2D eigenvalue weighted by atomic mass is 127. The van der Waals surface area contributed by atoms with Gasteiger partial charge in [-0.3, -0.25) is 0 Å². The van der Waals surface area contributed by atoms with E-state index < -0.39 is 0 Å². The summed E-state index contributed by atoms with van der Waals surface area (Å²) in [6.07, 6.45) is 1.02. The van der Waals surface area contributed by atoms with Gasteiger partial charge in [-0.1, -0.05) is 23.4 Å². The summed E-state index contributed by atoms with van der Waals surface area (Å²) in [6, 6.07) is 8.14. The molecule has 1 unspecified atom stereocenters. The van der Waals surface area contributed by atoms with Crippen molar-refractivity contribution in [2.75, 3.05) is 13.1 Å². The number of guanidine groups is 1. The highest BCUT2D eigenvalue weighted by Gasteiger charge is 2.22. The van der Waals surface area contributed by atoms with Crippen LogP contribution in [0.1, 0.15) is 24.2 Å². The number of aryl methyl sites for hydroxylation is 1. The molecule has 0 fully saturated rings. The van der Waals surface area contributed by atoms with Gasteiger partial charge in [0.2, 0.25) is 5.89 Å². The fourth-order valence-corrected chi connectivity index (χ4v) is 2.47. The minimum absolute atomic E-state index is 0. The number of nitrogens with one attached hydrogen (secondary N) is 2. The molecule has 2 N–H and O–H groups in total. The molecule has 2 aromatic rings. The van der Waals surface area contributed by atoms with Gasteiger partial charge in [-0.15, -0.1) is 24.0 Å². The molecule has 0 amide bonds. The number of halogens is 1. The van der Waals surface area contributed by atoms with E-state index in [0.29, 0.717) is 30.8 Å². The number of aromatic nitrogens is 2. The highest BCUT2D eigenvalue weighted by molar-refractivity contribution is 14.0. The van der Waals surface area contributed by atoms with Crippen LogP contribution in [0.5, 0.6) is 5.75 Å². The van der Waals surface area contributed by atoms with E-state index in [-0.39, 0.29) is 30.1 Å². The summed E-state index contributed by atoms with van der Waals surface area (Å²) in [5, 5.41) is 10.3. The summed E-state index contributed by atoms with van der Waals surface area (Å²) in [5.41, 5.74) is 1.25. The maximum absolute atomic E-state index is 5.92. The third-order valence-electron chi connectivity index (χ3n) is 3.50. The van der Waals surface area contributed by atoms with Gasteiger partial charge in [0.15, 0.2) is 11.8 Å². The molecule has 0 spiro atoms. The van der Waals surface area contributed by atoms with Gasteiger partial charge in [0.1, 0.15) is 18.4 Å². The Bertz CT molecular complexity index is 664. The Morgan fingerprint density at radius 1 is 1.33 bits per heavy atom. The number of fused-ring (bicyclic) bond motifs is 1. The van der Waals surface area contributed by atoms with Crippen molar-refractivity contribution >= 4 is 29.9 Å². The van der Waals surface area contributed by atoms with E-state index in [0.717, 1.165) is 18.7 Å². The van der Waals surface area contributed by atoms with Crippen LogP contribution < -0.4 is 15.4 Å². The van der Waals surface area contributed by atoms with Gasteiger partial charge < -0.3 is 19.9 Å². The standard InChI is InChI=1S/C16H21N5O2.HI/c1-3-17-16(19-10-15-20-11(2)21-23-15)18-9-13-8-12-6-4-5-7-14(12)22-13;/h4-7,13H,3,8-10H2,1-2H3,(H2,17,18,19);1H. The van der Waals surface area contributed by atoms with E-state index in [1.165, 1.54) is 5.56 Å². The summed E-state index contributed by atoms with van der Waals surface area (Å²) in [5.74, 6) is 2.81. The first kappa shape index (κ1) is 18.5. The molecule has 1 aromatic heterocycles. The minimum Gasteiger partial charge on any atom is -0.488 e. The highest BCUT2D eigenvalue weighted by Crippen LogP contribution is 2.27. The fraction of sp³-hybridized carbons (Fsp3) is 0.438. The van der Waals surface area contributed by atoms with Crippen LogP contribution in [0.2, 0.25) is 0 Å². The fourth-order valence-electron chi connectivity index (χ4n) is 2.47. The molecule has 7 nitrogen and oxygen atoms in total. The smallest absolute Gasteiger partial charge is 0.248 e. The van der Waals surface area contributed by atoms with E-state index in [9.17, 15) is 0 Å². The van der Waals surface area contributed by atoms with Crippen molar-refractivity contribution in [1.29, 1.82) is 0 Å². The normalized spacial score (nSPS) is 16.1. The van der Waals surface area contributed by atoms with E-state index >= 15 is 0 Å². The van der Waals surface area contributed by atoms with Gasteiger partial charge in [-0.2, -0.15) is 4.98 Å². The Morgan fingerprint density at radius 3 is 2.88 bits per heavy atom. The molecule has 0 bridgehead atoms. The molecule has 0 saturated carbocycles. The number of hydrogen-bond donors (Lipinski definition) is 2. The lowest BCUT2D eigenvalue weighted by molar-refractivity contribution is 0.235. The number of rotatable bonds is 5. The molecule has 3 rings (SSSR count). The van der Waals surface area contributed by atoms with Crippen molar-refractivity contribution in [1.82, 2.24) is 20.8 Å². The van der Waals surface area contributed by atoms with Crippen molar-refractivity contribution in [2.45, 2.75) is 32.9 Å². The zero-order valence-electron chi connectivity index (χ0n) is 13.8. The van der Waals surface area contributed by atoms with E-state index in [1.807, 2.05) is 25.1 Å². The van der Waals surface area contributed by atoms with Crippen LogP contribution in [0.4, 0.5) is 0 Å². The summed E-state index contributed by atoms with van der Waals surface area (Å²) in [4.78, 5) is 8.59. The van der Waals surface area contributed by atoms with Crippen LogP contribution in [-0.4, -0.2) is 35.3 Å². The second kappa shape index (κ2) is 8.86. The lowest BCUT2D eigenvalue weighted by Crippen LogP contribution is -2.42. The van der Waals surface area contributed by atoms with Crippen molar-refractivity contribution in [3.8, 4) is 5.75 Å². The van der Waals surface area contributed by atoms with Gasteiger partial charge in [0, 0.05) is 13.0 Å². The third-order valence-corrected chi connectivity index (χ3v) is 3.50. The Morgan fingerprint density at radius 2 is 2.17 bits per heavy atom. The zero-order chi connectivity index (χ0) is 16.1. The zero-order valence-corrected chi connectivity index (χ0v) is 16.1. The summed E-state index contributed by atoms with van der Waals surface area (Å²) in [6.45, 7) is 5.62. The monoisotopic (exact) mass is 443 g/mol. The molecule has 0 radical (unpaired) electrons. The molecule has 24 heavy (non-hydrogen) atoms. The van der Waals surface area contributed by atoms with E-state index in [2.05, 4.69) is 31.8 Å². The third kappa shape index (κ3) is 4.83. The lowest BCUT2D eigenvalue weighted by Gasteiger charge is -2.15. The Hall–Kier alpha value is -1.84. The minimum atomic E-state index is 0. The van der Waals surface area contributed by atoms with Crippen molar-refractivity contribution < 1.29 is 9.26 Å². The topological polar surface area (TPSA) is 84.6 Å². The molecular weight excluding hydrogens is 421 g/mol. The number of para-hydroxylation sites is 1. The predicted molar refractivity (Wildman–Crippen MR) is 102 cm³/mol. The Kier molecular flexibility index (Phi) is 6.83. The van der Waals surface area contributed by atoms with Gasteiger partial charge in [-0.05, 0) is 25.5 Å². The number of benzene rings is 1. The van der Waals surface area contributed by atoms with Gasteiger partial charge >= 0.3 is 0 Å². The maximum atomic E-state index is 5.92. The largest absolute Gasteiger partial charge is 0.488 e. The van der Waals surface area contributed by atoms with E-state index in [4.69, 9.17) is 9.26 Å². The van der Waals surface area contributed by atoms with Crippen LogP contribution in [0.15, 0.2) is 33.8 Å². The average molecular weight is 443 g/mol. The number of hydrogen-bond acceptors (Lipinski definition) is 5. The molecule has 0 aliphatic carbocycles. The predicted octanol–water partition coefficient (Wildman–Crippen LogP) is 2.05. The maximum Gasteiger partial charge on any atom is 0.248 e. The summed E-state index contributed by atoms with van der Waals surface area (Å²) < 4.78 is 11.0. The molecule has 1 aromatic carbocycles. The van der Waals surface area contributed by atoms with Crippen LogP contribution in [0.25, 0.3) is 0 Å². The van der Waals surface area contributed by atoms with Gasteiger partial charge in [0.05, 0.1) is 6.54 Å². The molecule has 1 atom stereocenters. The van der Waals surface area contributed by atoms with Crippen molar-refractivity contribution in [3.05, 3.63) is 41.5 Å². The van der Waals surface area contributed by atoms with Crippen molar-refractivity contribution in [2.24, 2.45) is 4.99 Å². The molecule has 1 aliphatic heterocycles. The van der Waals surface area contributed by atoms with E-state index in [1.54, 1.807) is 6.92 Å². The SMILES string of the molecule is CCNC(=NCc1nc(C)no1)NCC1Cc2ccccc2O1.I. The molecule has 8 heteroatoms. The lowest BCUT2D eigenvalue weighted by atomic mass is 10.1. The summed E-state index contributed by atoms with van der Waals surface area (Å²) >= 11 is 0. The molecule has 130 valence electrons. The van der Waals surface area contributed by atoms with Gasteiger partial charge in [0.25, 0.3) is 0 Å². The second-order valence-corrected chi connectivity index (χ2v) is 5.36. The Balaban J connectivity index is 0.00000208.